The van der Waals surface area contributed by atoms with Crippen LogP contribution in [0.2, 0.25) is 5.02 Å². The third-order valence-corrected chi connectivity index (χ3v) is 2.82. The minimum Gasteiger partial charge on any atom is -0.487 e. The van der Waals surface area contributed by atoms with Crippen molar-refractivity contribution in [3.05, 3.63) is 64.2 Å². The fourth-order valence-electron chi connectivity index (χ4n) is 1.55. The lowest BCUT2D eigenvalue weighted by Gasteiger charge is -2.09. The third-order valence-electron chi connectivity index (χ3n) is 2.50. The largest absolute Gasteiger partial charge is 0.487 e. The highest BCUT2D eigenvalue weighted by Gasteiger charge is 2.11. The van der Waals surface area contributed by atoms with Gasteiger partial charge in [0.2, 0.25) is 0 Å². The van der Waals surface area contributed by atoms with Crippen LogP contribution >= 0.6 is 11.6 Å². The van der Waals surface area contributed by atoms with Crippen molar-refractivity contribution in [1.29, 1.82) is 5.26 Å². The Labute approximate surface area is 113 Å². The van der Waals surface area contributed by atoms with Gasteiger partial charge in [-0.2, -0.15) is 5.26 Å². The van der Waals surface area contributed by atoms with E-state index in [-0.39, 0.29) is 28.5 Å². The van der Waals surface area contributed by atoms with Gasteiger partial charge in [0, 0.05) is 5.56 Å². The molecule has 0 aliphatic rings. The Hall–Kier alpha value is -2.12. The van der Waals surface area contributed by atoms with Crippen molar-refractivity contribution in [2.45, 2.75) is 6.61 Å². The maximum atomic E-state index is 13.4. The molecule has 0 N–H and O–H groups in total. The molecule has 19 heavy (non-hydrogen) atoms. The van der Waals surface area contributed by atoms with E-state index >= 15 is 0 Å². The van der Waals surface area contributed by atoms with Crippen LogP contribution < -0.4 is 4.74 Å². The molecule has 0 aromatic heterocycles. The molecule has 0 amide bonds. The van der Waals surface area contributed by atoms with Gasteiger partial charge < -0.3 is 4.74 Å². The molecule has 0 spiro atoms. The van der Waals surface area contributed by atoms with Crippen LogP contribution in [-0.4, -0.2) is 0 Å². The fourth-order valence-corrected chi connectivity index (χ4v) is 1.76. The Balaban J connectivity index is 2.22. The average Bonchev–Trinajstić information content (AvgIpc) is 2.40. The molecule has 96 valence electrons. The van der Waals surface area contributed by atoms with Gasteiger partial charge in [0.05, 0.1) is 5.02 Å². The van der Waals surface area contributed by atoms with Crippen LogP contribution in [-0.2, 0) is 6.61 Å². The van der Waals surface area contributed by atoms with Crippen LogP contribution in [0.25, 0.3) is 0 Å². The van der Waals surface area contributed by atoms with Crippen LogP contribution in [0, 0.1) is 23.0 Å². The molecule has 2 rings (SSSR count). The number of nitriles is 1. The van der Waals surface area contributed by atoms with E-state index in [2.05, 4.69) is 0 Å². The summed E-state index contributed by atoms with van der Waals surface area (Å²) in [6.07, 6.45) is 0. The predicted molar refractivity (Wildman–Crippen MR) is 66.9 cm³/mol. The molecule has 0 heterocycles. The molecule has 2 aromatic carbocycles. The maximum Gasteiger partial charge on any atom is 0.165 e. The van der Waals surface area contributed by atoms with Crippen molar-refractivity contribution >= 4 is 11.6 Å². The first kappa shape index (κ1) is 13.3. The summed E-state index contributed by atoms with van der Waals surface area (Å²) in [6, 6.07) is 10.4. The summed E-state index contributed by atoms with van der Waals surface area (Å²) in [6.45, 7) is -0.182. The second-order valence-corrected chi connectivity index (χ2v) is 4.13. The number of hydrogen-bond acceptors (Lipinski definition) is 2. The first-order valence-corrected chi connectivity index (χ1v) is 5.75. The lowest BCUT2D eigenvalue weighted by atomic mass is 10.2. The molecular formula is C14H8ClF2NO. The van der Waals surface area contributed by atoms with Gasteiger partial charge in [0.25, 0.3) is 0 Å². The highest BCUT2D eigenvalue weighted by molar-refractivity contribution is 6.31. The van der Waals surface area contributed by atoms with E-state index in [4.69, 9.17) is 21.6 Å². The van der Waals surface area contributed by atoms with Crippen molar-refractivity contribution in [3.63, 3.8) is 0 Å². The molecule has 2 aromatic rings. The van der Waals surface area contributed by atoms with Gasteiger partial charge >= 0.3 is 0 Å². The van der Waals surface area contributed by atoms with E-state index in [9.17, 15) is 8.78 Å². The lowest BCUT2D eigenvalue weighted by Crippen LogP contribution is -2.01. The summed E-state index contributed by atoms with van der Waals surface area (Å²) >= 11 is 5.83. The summed E-state index contributed by atoms with van der Waals surface area (Å²) in [5.41, 5.74) is 0.241. The molecule has 0 radical (unpaired) electrons. The summed E-state index contributed by atoms with van der Waals surface area (Å²) in [7, 11) is 0. The zero-order valence-electron chi connectivity index (χ0n) is 9.66. The van der Waals surface area contributed by atoms with Gasteiger partial charge in [-0.1, -0.05) is 29.8 Å². The first-order valence-electron chi connectivity index (χ1n) is 5.37. The summed E-state index contributed by atoms with van der Waals surface area (Å²) < 4.78 is 31.7. The molecule has 5 heteroatoms. The minimum absolute atomic E-state index is 0.0730. The van der Waals surface area contributed by atoms with E-state index in [1.165, 1.54) is 12.1 Å². The van der Waals surface area contributed by atoms with E-state index in [0.717, 1.165) is 6.07 Å². The van der Waals surface area contributed by atoms with Crippen LogP contribution in [0.15, 0.2) is 36.4 Å². The molecule has 0 saturated carbocycles. The monoisotopic (exact) mass is 279 g/mol. The zero-order valence-corrected chi connectivity index (χ0v) is 10.4. The molecule has 0 bridgehead atoms. The van der Waals surface area contributed by atoms with Crippen LogP contribution in [0.1, 0.15) is 11.1 Å². The second kappa shape index (κ2) is 5.68. The van der Waals surface area contributed by atoms with Crippen LogP contribution in [0.3, 0.4) is 0 Å². The number of halogens is 3. The topological polar surface area (TPSA) is 33.0 Å². The highest BCUT2D eigenvalue weighted by atomic mass is 35.5. The number of benzene rings is 2. The fraction of sp³-hybridized carbons (Fsp3) is 0.0714. The Morgan fingerprint density at radius 2 is 1.89 bits per heavy atom. The molecular weight excluding hydrogens is 272 g/mol. The molecule has 0 atom stereocenters. The van der Waals surface area contributed by atoms with Crippen molar-refractivity contribution < 1.29 is 13.5 Å². The standard InChI is InChI=1S/C14H8ClF2NO/c15-11-4-2-6-13(10(11)7-18)19-8-9-3-1-5-12(16)14(9)17/h1-6H,8H2. The smallest absolute Gasteiger partial charge is 0.165 e. The van der Waals surface area contributed by atoms with Gasteiger partial charge in [-0.05, 0) is 18.2 Å². The molecule has 0 fully saturated rings. The number of nitrogens with zero attached hydrogens (tertiary/aromatic N) is 1. The Bertz CT molecular complexity index is 652. The van der Waals surface area contributed by atoms with E-state index in [0.29, 0.717) is 0 Å². The van der Waals surface area contributed by atoms with Crippen LogP contribution in [0.5, 0.6) is 5.75 Å². The third kappa shape index (κ3) is 2.83. The van der Waals surface area contributed by atoms with Gasteiger partial charge in [-0.25, -0.2) is 8.78 Å². The molecule has 0 aliphatic heterocycles. The Kier molecular flexibility index (Phi) is 3.98. The average molecular weight is 280 g/mol. The van der Waals surface area contributed by atoms with E-state index in [1.54, 1.807) is 18.2 Å². The normalized spacial score (nSPS) is 10.0. The maximum absolute atomic E-state index is 13.4. The van der Waals surface area contributed by atoms with Gasteiger partial charge in [-0.15, -0.1) is 0 Å². The number of ether oxygens (including phenoxy) is 1. The molecule has 2 nitrogen and oxygen atoms in total. The SMILES string of the molecule is N#Cc1c(Cl)cccc1OCc1cccc(F)c1F. The number of hydrogen-bond donors (Lipinski definition) is 0. The summed E-state index contributed by atoms with van der Waals surface area (Å²) in [5.74, 6) is -1.66. The predicted octanol–water partition coefficient (Wildman–Crippen LogP) is 4.07. The minimum atomic E-state index is -0.956. The van der Waals surface area contributed by atoms with E-state index < -0.39 is 11.6 Å². The van der Waals surface area contributed by atoms with Crippen molar-refractivity contribution in [2.24, 2.45) is 0 Å². The first-order chi connectivity index (χ1) is 9.13. The highest BCUT2D eigenvalue weighted by Crippen LogP contribution is 2.26. The lowest BCUT2D eigenvalue weighted by molar-refractivity contribution is 0.296. The summed E-state index contributed by atoms with van der Waals surface area (Å²) in [4.78, 5) is 0. The van der Waals surface area contributed by atoms with Crippen LogP contribution in [0.4, 0.5) is 8.78 Å². The van der Waals surface area contributed by atoms with Crippen molar-refractivity contribution in [1.82, 2.24) is 0 Å². The van der Waals surface area contributed by atoms with E-state index in [1.807, 2.05) is 6.07 Å². The van der Waals surface area contributed by atoms with Crippen molar-refractivity contribution in [3.8, 4) is 11.8 Å². The molecule has 0 unspecified atom stereocenters. The van der Waals surface area contributed by atoms with Gasteiger partial charge in [0.15, 0.2) is 11.6 Å². The summed E-state index contributed by atoms with van der Waals surface area (Å²) in [5, 5.41) is 9.20. The Morgan fingerprint density at radius 1 is 1.16 bits per heavy atom. The van der Waals surface area contributed by atoms with Crippen molar-refractivity contribution in [2.75, 3.05) is 0 Å². The van der Waals surface area contributed by atoms with Gasteiger partial charge in [-0.3, -0.25) is 0 Å². The quantitative estimate of drug-likeness (QED) is 0.848. The Morgan fingerprint density at radius 3 is 2.63 bits per heavy atom. The molecule has 0 aliphatic carbocycles. The molecule has 0 saturated heterocycles. The zero-order chi connectivity index (χ0) is 13.8. The second-order valence-electron chi connectivity index (χ2n) is 3.73. The van der Waals surface area contributed by atoms with Gasteiger partial charge in [0.1, 0.15) is 24.0 Å². The number of rotatable bonds is 3.